The summed E-state index contributed by atoms with van der Waals surface area (Å²) in [7, 11) is 0. The summed E-state index contributed by atoms with van der Waals surface area (Å²) < 4.78 is 0. The molecule has 0 unspecified atom stereocenters. The maximum Gasteiger partial charge on any atom is 0.135 e. The Morgan fingerprint density at radius 2 is 2.06 bits per heavy atom. The first-order valence-corrected chi connectivity index (χ1v) is 5.50. The van der Waals surface area contributed by atoms with E-state index >= 15 is 0 Å². The van der Waals surface area contributed by atoms with Crippen LogP contribution in [0.5, 0.6) is 0 Å². The van der Waals surface area contributed by atoms with Crippen molar-refractivity contribution < 1.29 is 4.79 Å². The van der Waals surface area contributed by atoms with E-state index in [1.54, 1.807) is 6.07 Å². The average Bonchev–Trinajstić information content (AvgIpc) is 2.28. The number of nitriles is 1. The lowest BCUT2D eigenvalue weighted by atomic mass is 10.1. The molecule has 1 aromatic rings. The molecule has 16 heavy (non-hydrogen) atoms. The second-order valence-electron chi connectivity index (χ2n) is 3.96. The molecule has 0 N–H and O–H groups in total. The molecule has 86 valence electrons. The molecule has 0 heterocycles. The predicted molar refractivity (Wildman–Crippen MR) is 66.0 cm³/mol. The van der Waals surface area contributed by atoms with Gasteiger partial charge in [-0.15, -0.1) is 0 Å². The lowest BCUT2D eigenvalue weighted by Crippen LogP contribution is -2.03. The molecule has 0 atom stereocenters. The summed E-state index contributed by atoms with van der Waals surface area (Å²) >= 11 is 0. The number of ketones is 1. The van der Waals surface area contributed by atoms with Crippen molar-refractivity contribution in [2.24, 2.45) is 5.92 Å². The molecule has 1 rings (SSSR count). The van der Waals surface area contributed by atoms with Crippen LogP contribution < -0.4 is 0 Å². The number of carbonyl (C=O) groups is 1. The summed E-state index contributed by atoms with van der Waals surface area (Å²) in [5, 5.41) is 8.41. The van der Waals surface area contributed by atoms with Gasteiger partial charge in [-0.25, -0.2) is 0 Å². The highest BCUT2D eigenvalue weighted by atomic mass is 16.1. The minimum Gasteiger partial charge on any atom is -0.299 e. The summed E-state index contributed by atoms with van der Waals surface area (Å²) in [6.07, 6.45) is 0.678. The molecule has 0 saturated heterocycles. The second-order valence-corrected chi connectivity index (χ2v) is 3.96. The van der Waals surface area contributed by atoms with Crippen LogP contribution >= 0.6 is 0 Å². The molecular formula is C14H19NO. The van der Waals surface area contributed by atoms with Crippen molar-refractivity contribution in [1.29, 1.82) is 5.26 Å². The van der Waals surface area contributed by atoms with E-state index in [1.807, 2.05) is 45.9 Å². The van der Waals surface area contributed by atoms with Gasteiger partial charge in [-0.1, -0.05) is 32.9 Å². The molecule has 2 heteroatoms. The molecule has 0 spiro atoms. The smallest absolute Gasteiger partial charge is 0.135 e. The first-order chi connectivity index (χ1) is 7.51. The van der Waals surface area contributed by atoms with Crippen LogP contribution in [0.15, 0.2) is 24.3 Å². The van der Waals surface area contributed by atoms with Crippen molar-refractivity contribution in [3.05, 3.63) is 35.4 Å². The van der Waals surface area contributed by atoms with Crippen molar-refractivity contribution >= 4 is 5.78 Å². The van der Waals surface area contributed by atoms with Crippen molar-refractivity contribution in [2.75, 3.05) is 0 Å². The van der Waals surface area contributed by atoms with E-state index in [0.717, 1.165) is 11.1 Å². The van der Waals surface area contributed by atoms with Gasteiger partial charge in [0.1, 0.15) is 5.78 Å². The topological polar surface area (TPSA) is 40.9 Å². The monoisotopic (exact) mass is 217 g/mol. The number of benzene rings is 1. The third-order valence-electron chi connectivity index (χ3n) is 2.14. The maximum atomic E-state index is 10.5. The lowest BCUT2D eigenvalue weighted by molar-refractivity contribution is -0.121. The molecule has 0 aliphatic carbocycles. The summed E-state index contributed by atoms with van der Waals surface area (Å²) in [4.78, 5) is 10.5. The SMILES string of the molecule is CCC(=O)C(C)C.Cc1cccc(C#N)c1. The summed E-state index contributed by atoms with van der Waals surface area (Å²) in [6, 6.07) is 9.58. The average molecular weight is 217 g/mol. The Bertz CT molecular complexity index is 375. The number of hydrogen-bond acceptors (Lipinski definition) is 2. The quantitative estimate of drug-likeness (QED) is 0.760. The van der Waals surface area contributed by atoms with Crippen LogP contribution in [0, 0.1) is 24.2 Å². The van der Waals surface area contributed by atoms with Gasteiger partial charge in [-0.3, -0.25) is 4.79 Å². The zero-order valence-electron chi connectivity index (χ0n) is 10.4. The minimum absolute atomic E-state index is 0.227. The first-order valence-electron chi connectivity index (χ1n) is 5.50. The van der Waals surface area contributed by atoms with Crippen molar-refractivity contribution in [1.82, 2.24) is 0 Å². The van der Waals surface area contributed by atoms with Gasteiger partial charge in [0.15, 0.2) is 0 Å². The number of aryl methyl sites for hydroxylation is 1. The number of hydrogen-bond donors (Lipinski definition) is 0. The van der Waals surface area contributed by atoms with E-state index in [1.165, 1.54) is 0 Å². The number of Topliss-reactive ketones (excluding diaryl/α,β-unsaturated/α-hetero) is 1. The molecule has 1 aromatic carbocycles. The molecule has 0 aliphatic rings. The van der Waals surface area contributed by atoms with Gasteiger partial charge in [0, 0.05) is 12.3 Å². The predicted octanol–water partition coefficient (Wildman–Crippen LogP) is 3.49. The van der Waals surface area contributed by atoms with Crippen LogP contribution in [0.4, 0.5) is 0 Å². The van der Waals surface area contributed by atoms with Crippen LogP contribution in [-0.2, 0) is 4.79 Å². The van der Waals surface area contributed by atoms with Crippen LogP contribution in [0.2, 0.25) is 0 Å². The fourth-order valence-corrected chi connectivity index (χ4v) is 1.12. The lowest BCUT2D eigenvalue weighted by Gasteiger charge is -1.96. The normalized spacial score (nSPS) is 9.00. The van der Waals surface area contributed by atoms with Crippen LogP contribution in [0.1, 0.15) is 38.3 Å². The standard InChI is InChI=1S/C8H7N.C6H12O/c1-7-3-2-4-8(5-7)6-9;1-4-6(7)5(2)3/h2-5H,1H3;5H,4H2,1-3H3. The van der Waals surface area contributed by atoms with E-state index in [9.17, 15) is 4.79 Å². The van der Waals surface area contributed by atoms with Crippen LogP contribution in [0.3, 0.4) is 0 Å². The number of rotatable bonds is 2. The van der Waals surface area contributed by atoms with Gasteiger partial charge in [-0.2, -0.15) is 5.26 Å². The highest BCUT2D eigenvalue weighted by Gasteiger charge is 2.00. The van der Waals surface area contributed by atoms with Gasteiger partial charge in [0.2, 0.25) is 0 Å². The van der Waals surface area contributed by atoms with E-state index < -0.39 is 0 Å². The summed E-state index contributed by atoms with van der Waals surface area (Å²) in [6.45, 7) is 7.71. The third kappa shape index (κ3) is 5.98. The molecule has 0 fully saturated rings. The van der Waals surface area contributed by atoms with Crippen LogP contribution in [-0.4, -0.2) is 5.78 Å². The fraction of sp³-hybridized carbons (Fsp3) is 0.429. The van der Waals surface area contributed by atoms with Crippen molar-refractivity contribution in [3.8, 4) is 6.07 Å². The molecule has 2 nitrogen and oxygen atoms in total. The van der Waals surface area contributed by atoms with Crippen molar-refractivity contribution in [3.63, 3.8) is 0 Å². The molecule has 0 aliphatic heterocycles. The molecule has 0 aromatic heterocycles. The Labute approximate surface area is 97.9 Å². The molecular weight excluding hydrogens is 198 g/mol. The third-order valence-corrected chi connectivity index (χ3v) is 2.14. The zero-order valence-corrected chi connectivity index (χ0v) is 10.4. The molecule has 0 amide bonds. The zero-order chi connectivity index (χ0) is 12.6. The Hall–Kier alpha value is -1.62. The summed E-state index contributed by atoms with van der Waals surface area (Å²) in [5.74, 6) is 0.574. The highest BCUT2D eigenvalue weighted by Crippen LogP contribution is 2.00. The van der Waals surface area contributed by atoms with Gasteiger partial charge >= 0.3 is 0 Å². The van der Waals surface area contributed by atoms with E-state index in [-0.39, 0.29) is 5.92 Å². The second kappa shape index (κ2) is 7.64. The fourth-order valence-electron chi connectivity index (χ4n) is 1.12. The van der Waals surface area contributed by atoms with Crippen LogP contribution in [0.25, 0.3) is 0 Å². The van der Waals surface area contributed by atoms with E-state index in [2.05, 4.69) is 6.07 Å². The molecule has 0 saturated carbocycles. The Balaban J connectivity index is 0.000000293. The summed E-state index contributed by atoms with van der Waals surface area (Å²) in [5.41, 5.74) is 1.86. The largest absolute Gasteiger partial charge is 0.299 e. The van der Waals surface area contributed by atoms with Gasteiger partial charge in [0.25, 0.3) is 0 Å². The maximum absolute atomic E-state index is 10.5. The van der Waals surface area contributed by atoms with Gasteiger partial charge < -0.3 is 0 Å². The molecule has 0 bridgehead atoms. The Morgan fingerprint density at radius 1 is 1.44 bits per heavy atom. The van der Waals surface area contributed by atoms with E-state index in [4.69, 9.17) is 5.26 Å². The molecule has 0 radical (unpaired) electrons. The number of carbonyl (C=O) groups excluding carboxylic acids is 1. The van der Waals surface area contributed by atoms with E-state index in [0.29, 0.717) is 12.2 Å². The number of nitrogens with zero attached hydrogens (tertiary/aromatic N) is 1. The minimum atomic E-state index is 0.227. The Morgan fingerprint density at radius 3 is 2.31 bits per heavy atom. The Kier molecular flexibility index (Phi) is 6.87. The first kappa shape index (κ1) is 14.4. The van der Waals surface area contributed by atoms with Gasteiger partial charge in [-0.05, 0) is 24.6 Å². The van der Waals surface area contributed by atoms with Gasteiger partial charge in [0.05, 0.1) is 11.6 Å². The highest BCUT2D eigenvalue weighted by molar-refractivity contribution is 5.79. The van der Waals surface area contributed by atoms with Crippen molar-refractivity contribution in [2.45, 2.75) is 34.1 Å².